The summed E-state index contributed by atoms with van der Waals surface area (Å²) in [5, 5.41) is 12.9. The van der Waals surface area contributed by atoms with Gasteiger partial charge in [-0.15, -0.1) is 0 Å². The third kappa shape index (κ3) is 7.13. The van der Waals surface area contributed by atoms with E-state index in [-0.39, 0.29) is 5.57 Å². The first-order valence-electron chi connectivity index (χ1n) is 9.48. The number of thioether (sulfide) groups is 1. The van der Waals surface area contributed by atoms with Crippen molar-refractivity contribution in [2.75, 3.05) is 24.3 Å². The van der Waals surface area contributed by atoms with Crippen molar-refractivity contribution in [3.05, 3.63) is 65.7 Å². The first kappa shape index (κ1) is 22.3. The van der Waals surface area contributed by atoms with Gasteiger partial charge in [0.25, 0.3) is 5.91 Å². The number of amides is 1. The molecular weight excluding hydrogens is 432 g/mol. The van der Waals surface area contributed by atoms with Gasteiger partial charge in [0.1, 0.15) is 36.4 Å². The molecule has 0 aliphatic rings. The van der Waals surface area contributed by atoms with Crippen LogP contribution in [0.5, 0.6) is 11.5 Å². The van der Waals surface area contributed by atoms with E-state index in [9.17, 15) is 10.1 Å². The molecule has 3 aromatic rings. The predicted molar refractivity (Wildman–Crippen MR) is 122 cm³/mol. The van der Waals surface area contributed by atoms with Gasteiger partial charge in [0, 0.05) is 11.5 Å². The van der Waals surface area contributed by atoms with E-state index in [0.717, 1.165) is 23.0 Å². The molecule has 1 heterocycles. The van der Waals surface area contributed by atoms with Gasteiger partial charge in [0.2, 0.25) is 10.3 Å². The highest BCUT2D eigenvalue weighted by atomic mass is 32.2. The standard InChI is InChI=1S/C22H20N4O3S2/c1-2-30-22-25-21(31-26-22)24-20(27)17(15-23)14-16-8-10-19(11-9-16)29-13-12-28-18-6-4-3-5-7-18/h3-11,14H,2,12-13H2,1H3,(H,24,25,26,27). The fraction of sp³-hybridized carbons (Fsp3) is 0.182. The minimum atomic E-state index is -0.523. The molecule has 0 spiro atoms. The van der Waals surface area contributed by atoms with E-state index in [1.54, 1.807) is 24.3 Å². The molecule has 0 fully saturated rings. The van der Waals surface area contributed by atoms with E-state index in [0.29, 0.717) is 34.8 Å². The van der Waals surface area contributed by atoms with Crippen molar-refractivity contribution in [3.8, 4) is 17.6 Å². The van der Waals surface area contributed by atoms with Crippen LogP contribution >= 0.6 is 23.3 Å². The smallest absolute Gasteiger partial charge is 0.268 e. The first-order chi connectivity index (χ1) is 15.2. The summed E-state index contributed by atoms with van der Waals surface area (Å²) >= 11 is 2.57. The van der Waals surface area contributed by atoms with Crippen LogP contribution in [0.2, 0.25) is 0 Å². The molecule has 0 radical (unpaired) electrons. The Morgan fingerprint density at radius 3 is 2.45 bits per heavy atom. The van der Waals surface area contributed by atoms with Gasteiger partial charge in [0.15, 0.2) is 0 Å². The Hall–Kier alpha value is -3.35. The Labute approximate surface area is 188 Å². The normalized spacial score (nSPS) is 10.9. The van der Waals surface area contributed by atoms with Crippen molar-refractivity contribution in [3.63, 3.8) is 0 Å². The maximum Gasteiger partial charge on any atom is 0.268 e. The lowest BCUT2D eigenvalue weighted by Gasteiger charge is -2.08. The molecule has 31 heavy (non-hydrogen) atoms. The molecule has 1 aromatic heterocycles. The number of nitriles is 1. The monoisotopic (exact) mass is 452 g/mol. The molecule has 0 aliphatic heterocycles. The number of para-hydroxylation sites is 1. The van der Waals surface area contributed by atoms with Gasteiger partial charge in [-0.2, -0.15) is 14.6 Å². The molecule has 2 aromatic carbocycles. The van der Waals surface area contributed by atoms with Crippen molar-refractivity contribution < 1.29 is 14.3 Å². The van der Waals surface area contributed by atoms with Crippen molar-refractivity contribution >= 4 is 40.4 Å². The van der Waals surface area contributed by atoms with Gasteiger partial charge in [-0.3, -0.25) is 10.1 Å². The third-order valence-corrected chi connectivity index (χ3v) is 5.30. The molecule has 1 N–H and O–H groups in total. The molecule has 158 valence electrons. The topological polar surface area (TPSA) is 97.1 Å². The Bertz CT molecular complexity index is 1060. The maximum atomic E-state index is 12.4. The summed E-state index contributed by atoms with van der Waals surface area (Å²) in [5.41, 5.74) is 0.684. The molecular formula is C22H20N4O3S2. The summed E-state index contributed by atoms with van der Waals surface area (Å²) in [6.45, 7) is 2.82. The van der Waals surface area contributed by atoms with Crippen molar-refractivity contribution in [2.24, 2.45) is 0 Å². The van der Waals surface area contributed by atoms with E-state index in [1.165, 1.54) is 17.8 Å². The molecule has 7 nitrogen and oxygen atoms in total. The van der Waals surface area contributed by atoms with Gasteiger partial charge in [-0.25, -0.2) is 0 Å². The van der Waals surface area contributed by atoms with E-state index >= 15 is 0 Å². The molecule has 1 amide bonds. The molecule has 9 heteroatoms. The summed E-state index contributed by atoms with van der Waals surface area (Å²) in [6, 6.07) is 18.6. The number of ether oxygens (including phenoxy) is 2. The second-order valence-corrected chi connectivity index (χ2v) is 8.00. The zero-order chi connectivity index (χ0) is 21.9. The predicted octanol–water partition coefficient (Wildman–Crippen LogP) is 4.65. The maximum absolute atomic E-state index is 12.4. The molecule has 0 saturated carbocycles. The summed E-state index contributed by atoms with van der Waals surface area (Å²) < 4.78 is 15.4. The highest BCUT2D eigenvalue weighted by molar-refractivity contribution is 7.99. The zero-order valence-corrected chi connectivity index (χ0v) is 18.4. The SMILES string of the molecule is CCSc1nsc(NC(=O)C(C#N)=Cc2ccc(OCCOc3ccccc3)cc2)n1. The summed E-state index contributed by atoms with van der Waals surface area (Å²) in [7, 11) is 0. The van der Waals surface area contributed by atoms with Crippen LogP contribution in [0.3, 0.4) is 0 Å². The number of aromatic nitrogens is 2. The Kier molecular flexibility index (Phi) is 8.46. The summed E-state index contributed by atoms with van der Waals surface area (Å²) in [4.78, 5) is 16.6. The Balaban J connectivity index is 1.52. The second kappa shape index (κ2) is 11.7. The van der Waals surface area contributed by atoms with Gasteiger partial charge >= 0.3 is 0 Å². The molecule has 0 aliphatic carbocycles. The molecule has 3 rings (SSSR count). The lowest BCUT2D eigenvalue weighted by Crippen LogP contribution is -2.13. The van der Waals surface area contributed by atoms with Crippen molar-refractivity contribution in [1.29, 1.82) is 5.26 Å². The molecule has 0 saturated heterocycles. The summed E-state index contributed by atoms with van der Waals surface area (Å²) in [6.07, 6.45) is 1.51. The fourth-order valence-electron chi connectivity index (χ4n) is 2.42. The van der Waals surface area contributed by atoms with Crippen LogP contribution in [0.25, 0.3) is 6.08 Å². The second-order valence-electron chi connectivity index (χ2n) is 6.02. The van der Waals surface area contributed by atoms with Crippen LogP contribution in [0, 0.1) is 11.3 Å². The fourth-order valence-corrected chi connectivity index (χ4v) is 3.69. The first-order valence-corrected chi connectivity index (χ1v) is 11.2. The number of hydrogen-bond acceptors (Lipinski definition) is 8. The van der Waals surface area contributed by atoms with E-state index in [4.69, 9.17) is 9.47 Å². The minimum absolute atomic E-state index is 0.0233. The average Bonchev–Trinajstić information content (AvgIpc) is 3.23. The van der Waals surface area contributed by atoms with Crippen LogP contribution in [0.4, 0.5) is 5.13 Å². The Morgan fingerprint density at radius 2 is 1.81 bits per heavy atom. The molecule has 0 bridgehead atoms. The Morgan fingerprint density at radius 1 is 1.13 bits per heavy atom. The number of hydrogen-bond donors (Lipinski definition) is 1. The van der Waals surface area contributed by atoms with Crippen molar-refractivity contribution in [2.45, 2.75) is 12.1 Å². The number of rotatable bonds is 10. The van der Waals surface area contributed by atoms with Gasteiger partial charge in [-0.1, -0.05) is 49.0 Å². The third-order valence-electron chi connectivity index (χ3n) is 3.82. The summed E-state index contributed by atoms with van der Waals surface area (Å²) in [5.74, 6) is 1.78. The van der Waals surface area contributed by atoms with E-state index in [1.807, 2.05) is 43.3 Å². The highest BCUT2D eigenvalue weighted by Crippen LogP contribution is 2.20. The number of nitrogens with one attached hydrogen (secondary N) is 1. The van der Waals surface area contributed by atoms with E-state index in [2.05, 4.69) is 14.7 Å². The number of carbonyl (C=O) groups is 1. The van der Waals surface area contributed by atoms with Gasteiger partial charge < -0.3 is 9.47 Å². The van der Waals surface area contributed by atoms with Gasteiger partial charge in [0.05, 0.1) is 0 Å². The molecule has 0 unspecified atom stereocenters. The lowest BCUT2D eigenvalue weighted by molar-refractivity contribution is -0.112. The number of carbonyl (C=O) groups excluding carboxylic acids is 1. The van der Waals surface area contributed by atoms with Crippen LogP contribution in [0.1, 0.15) is 12.5 Å². The highest BCUT2D eigenvalue weighted by Gasteiger charge is 2.13. The number of benzene rings is 2. The number of anilines is 1. The lowest BCUT2D eigenvalue weighted by atomic mass is 10.1. The van der Waals surface area contributed by atoms with Crippen LogP contribution in [0.15, 0.2) is 65.3 Å². The van der Waals surface area contributed by atoms with Crippen molar-refractivity contribution in [1.82, 2.24) is 9.36 Å². The zero-order valence-electron chi connectivity index (χ0n) is 16.8. The van der Waals surface area contributed by atoms with Crippen LogP contribution < -0.4 is 14.8 Å². The van der Waals surface area contributed by atoms with Crippen LogP contribution in [-0.4, -0.2) is 34.2 Å². The van der Waals surface area contributed by atoms with Crippen LogP contribution in [-0.2, 0) is 4.79 Å². The number of nitrogens with zero attached hydrogens (tertiary/aromatic N) is 3. The quantitative estimate of drug-likeness (QED) is 0.207. The van der Waals surface area contributed by atoms with E-state index < -0.39 is 5.91 Å². The molecule has 0 atom stereocenters. The largest absolute Gasteiger partial charge is 0.490 e. The average molecular weight is 453 g/mol. The minimum Gasteiger partial charge on any atom is -0.490 e. The van der Waals surface area contributed by atoms with Gasteiger partial charge in [-0.05, 0) is 41.7 Å².